The number of aromatic nitrogens is 6. The molecule has 0 aliphatic heterocycles. The van der Waals surface area contributed by atoms with Gasteiger partial charge >= 0.3 is 0 Å². The van der Waals surface area contributed by atoms with Crippen LogP contribution in [0.1, 0.15) is 0 Å². The Morgan fingerprint density at radius 2 is 0.313 bits per heavy atom. The monoisotopic (exact) mass is 1920 g/mol. The molecule has 0 aliphatic rings. The molecule has 0 fully saturated rings. The number of benzene rings is 23. The Labute approximate surface area is 857 Å². The van der Waals surface area contributed by atoms with E-state index in [2.05, 4.69) is 549 Å². The van der Waals surface area contributed by atoms with Crippen LogP contribution in [0.4, 0.5) is 0 Å². The SMILES string of the molecule is c1ccc(-c2ccc(-n3c4ccccc4c4c5c6ccccc6n(-c6ccc(-c7cccc8c7sc7ccccc78)cc6)c5ccc43)cc2)cc1.c1ccc(-c2cccc(-n3c4ccccc4c4c5c6ccccc6n(-c6ccc(-c7cccc8c7sc7ccccc78)cc6)c5ccc43)c2)cc1.c1ccc(-n2c3ccccc3c3c4c5ccccc5n(-c5ccc(-c6cccc7c6sc6ccccc67)cc5)c4ccc32)cc1. The molecule has 0 radical (unpaired) electrons. The van der Waals surface area contributed by atoms with Crippen LogP contribution < -0.4 is 0 Å². The summed E-state index contributed by atoms with van der Waals surface area (Å²) >= 11 is 5.65. The Morgan fingerprint density at radius 1 is 0.116 bits per heavy atom. The summed E-state index contributed by atoms with van der Waals surface area (Å²) in [6.07, 6.45) is 0. The maximum atomic E-state index is 2.44. The number of fused-ring (bicyclic) bond motifs is 30. The largest absolute Gasteiger partial charge is 0.309 e. The Hall–Kier alpha value is -18.5. The predicted octanol–water partition coefficient (Wildman–Crippen LogP) is 39.1. The van der Waals surface area contributed by atoms with Crippen molar-refractivity contribution >= 4 is 225 Å². The zero-order valence-electron chi connectivity index (χ0n) is 79.6. The van der Waals surface area contributed by atoms with Gasteiger partial charge in [-0.1, -0.05) is 358 Å². The number of nitrogens with zero attached hydrogens (tertiary/aromatic N) is 6. The van der Waals surface area contributed by atoms with E-state index in [0.29, 0.717) is 0 Å². The molecule has 32 aromatic rings. The van der Waals surface area contributed by atoms with Gasteiger partial charge in [0, 0.05) is 159 Å². The minimum absolute atomic E-state index is 1.16. The molecule has 0 bridgehead atoms. The molecular formula is C138H86N6S3. The third-order valence-corrected chi connectivity index (χ3v) is 34.1. The van der Waals surface area contributed by atoms with E-state index in [1.54, 1.807) is 0 Å². The molecular weight excluding hydrogens is 1840 g/mol. The fraction of sp³-hybridized carbons (Fsp3) is 0. The first-order valence-corrected chi connectivity index (χ1v) is 52.7. The van der Waals surface area contributed by atoms with Gasteiger partial charge in [0.05, 0.1) is 66.2 Å². The fourth-order valence-corrected chi connectivity index (χ4v) is 27.7. The van der Waals surface area contributed by atoms with Gasteiger partial charge in [-0.2, -0.15) is 0 Å². The highest BCUT2D eigenvalue weighted by Gasteiger charge is 2.27. The molecule has 9 heteroatoms. The lowest BCUT2D eigenvalue weighted by molar-refractivity contribution is 1.17. The van der Waals surface area contributed by atoms with Crippen molar-refractivity contribution in [3.8, 4) is 89.8 Å². The standard InChI is InChI=1S/2C48H30N2S.C42H26N2S/c1-2-12-31(13-3-1)33-14-10-15-35(30-33)50-42-22-8-5-18-40(42)47-44(50)29-28-43-46(47)39-17-4-7-21-41(39)49(43)34-26-24-32(25-27-34)36-19-11-20-38-37-16-6-9-23-45(37)51-48(36)38;1-2-11-31(12-3-1)32-21-25-34(26-22-32)49-41-18-7-4-14-39(41)46-43(49)29-30-44-47(46)40-15-5-8-19-42(40)50(44)35-27-23-33(24-28-35)36-16-10-17-38-37-13-6-9-20-45(37)51-48(36)38;1-2-11-28(12-3-1)43-35-18-7-4-14-33(35)40-37(43)25-26-38-41(40)34-15-5-8-19-36(34)44(38)29-23-21-27(22-24-29)30-16-10-17-32-31-13-6-9-20-39(31)45-42(30)32/h2*1-30H;1-26H. The minimum atomic E-state index is 1.16. The summed E-state index contributed by atoms with van der Waals surface area (Å²) in [5.41, 5.74) is 34.0. The zero-order chi connectivity index (χ0) is 96.4. The Bertz CT molecular complexity index is 10900. The van der Waals surface area contributed by atoms with Crippen LogP contribution in [-0.4, -0.2) is 27.4 Å². The third-order valence-electron chi connectivity index (χ3n) is 30.4. The Morgan fingerprint density at radius 3 is 0.605 bits per heavy atom. The number of hydrogen-bond donors (Lipinski definition) is 0. The number of thiophene rings is 3. The van der Waals surface area contributed by atoms with Crippen LogP contribution >= 0.6 is 34.0 Å². The second kappa shape index (κ2) is 34.1. The molecule has 23 aromatic carbocycles. The molecule has 0 saturated carbocycles. The minimum Gasteiger partial charge on any atom is -0.309 e. The van der Waals surface area contributed by atoms with Gasteiger partial charge in [0.2, 0.25) is 0 Å². The van der Waals surface area contributed by atoms with Crippen molar-refractivity contribution in [2.75, 3.05) is 0 Å². The Balaban J connectivity index is 0.000000102. The van der Waals surface area contributed by atoms with Crippen LogP contribution in [0.2, 0.25) is 0 Å². The second-order valence-electron chi connectivity index (χ2n) is 38.3. The van der Waals surface area contributed by atoms with Gasteiger partial charge in [0.15, 0.2) is 0 Å². The summed E-state index contributed by atoms with van der Waals surface area (Å²) in [5, 5.41) is 23.3. The van der Waals surface area contributed by atoms with Crippen LogP contribution in [-0.2, 0) is 0 Å². The van der Waals surface area contributed by atoms with Crippen LogP contribution in [0, 0.1) is 0 Å². The smallest absolute Gasteiger partial charge is 0.0548 e. The maximum absolute atomic E-state index is 2.44. The summed E-state index contributed by atoms with van der Waals surface area (Å²) in [4.78, 5) is 0. The maximum Gasteiger partial charge on any atom is 0.0548 e. The highest BCUT2D eigenvalue weighted by atomic mass is 32.1. The summed E-state index contributed by atoms with van der Waals surface area (Å²) < 4.78 is 22.6. The summed E-state index contributed by atoms with van der Waals surface area (Å²) in [5.74, 6) is 0. The first-order chi connectivity index (χ1) is 73.0. The molecule has 9 heterocycles. The van der Waals surface area contributed by atoms with Crippen molar-refractivity contribution in [3.63, 3.8) is 0 Å². The first-order valence-electron chi connectivity index (χ1n) is 50.2. The number of rotatable bonds is 11. The van der Waals surface area contributed by atoms with Gasteiger partial charge in [0.1, 0.15) is 0 Å². The number of hydrogen-bond acceptors (Lipinski definition) is 3. The lowest BCUT2D eigenvalue weighted by atomic mass is 10.0. The van der Waals surface area contributed by atoms with Crippen LogP contribution in [0.25, 0.3) is 281 Å². The van der Waals surface area contributed by atoms with Gasteiger partial charge < -0.3 is 27.4 Å². The molecule has 0 amide bonds. The third kappa shape index (κ3) is 13.4. The second-order valence-corrected chi connectivity index (χ2v) is 41.5. The molecule has 0 spiro atoms. The summed E-state index contributed by atoms with van der Waals surface area (Å²) in [6, 6.07) is 191. The molecule has 0 aliphatic carbocycles. The molecule has 0 unspecified atom stereocenters. The zero-order valence-corrected chi connectivity index (χ0v) is 82.0. The summed E-state index contributed by atoms with van der Waals surface area (Å²) in [6.45, 7) is 0. The highest BCUT2D eigenvalue weighted by Crippen LogP contribution is 2.51. The van der Waals surface area contributed by atoms with Gasteiger partial charge in [-0.15, -0.1) is 34.0 Å². The average molecular weight is 1920 g/mol. The van der Waals surface area contributed by atoms with Crippen LogP contribution in [0.5, 0.6) is 0 Å². The van der Waals surface area contributed by atoms with E-state index < -0.39 is 0 Å². The number of para-hydroxylation sites is 7. The van der Waals surface area contributed by atoms with E-state index in [9.17, 15) is 0 Å². The quantitative estimate of drug-likeness (QED) is 0.124. The van der Waals surface area contributed by atoms with E-state index >= 15 is 0 Å². The Kier molecular flexibility index (Phi) is 19.6. The highest BCUT2D eigenvalue weighted by molar-refractivity contribution is 7.27. The van der Waals surface area contributed by atoms with Crippen molar-refractivity contribution < 1.29 is 0 Å². The average Bonchev–Trinajstić information content (AvgIpc) is 1.55. The lowest BCUT2D eigenvalue weighted by Gasteiger charge is -2.11. The molecule has 6 nitrogen and oxygen atoms in total. The van der Waals surface area contributed by atoms with E-state index in [0.717, 1.165) is 22.7 Å². The van der Waals surface area contributed by atoms with Crippen molar-refractivity contribution in [1.29, 1.82) is 0 Å². The fourth-order valence-electron chi connectivity index (χ4n) is 24.0. The summed E-state index contributed by atoms with van der Waals surface area (Å²) in [7, 11) is 0. The molecule has 32 rings (SSSR count). The lowest BCUT2D eigenvalue weighted by Crippen LogP contribution is -1.95. The molecule has 0 N–H and O–H groups in total. The van der Waals surface area contributed by atoms with Crippen molar-refractivity contribution in [3.05, 3.63) is 522 Å². The van der Waals surface area contributed by atoms with E-state index in [1.165, 1.54) is 258 Å². The molecule has 0 saturated heterocycles. The molecule has 147 heavy (non-hydrogen) atoms. The predicted molar refractivity (Wildman–Crippen MR) is 631 cm³/mol. The molecule has 686 valence electrons. The van der Waals surface area contributed by atoms with Crippen molar-refractivity contribution in [1.82, 2.24) is 27.4 Å². The van der Waals surface area contributed by atoms with Crippen LogP contribution in [0.3, 0.4) is 0 Å². The van der Waals surface area contributed by atoms with Gasteiger partial charge in [-0.3, -0.25) is 0 Å². The van der Waals surface area contributed by atoms with Crippen molar-refractivity contribution in [2.24, 2.45) is 0 Å². The van der Waals surface area contributed by atoms with Gasteiger partial charge in [-0.05, 0) is 219 Å². The topological polar surface area (TPSA) is 29.6 Å². The molecule has 9 aromatic heterocycles. The normalized spacial score (nSPS) is 11.9. The molecule has 0 atom stereocenters. The van der Waals surface area contributed by atoms with Gasteiger partial charge in [0.25, 0.3) is 0 Å². The van der Waals surface area contributed by atoms with Crippen LogP contribution in [0.15, 0.2) is 522 Å². The van der Waals surface area contributed by atoms with E-state index in [-0.39, 0.29) is 0 Å². The first kappa shape index (κ1) is 84.2. The van der Waals surface area contributed by atoms with E-state index in [4.69, 9.17) is 0 Å². The van der Waals surface area contributed by atoms with E-state index in [1.807, 2.05) is 34.0 Å². The van der Waals surface area contributed by atoms with Gasteiger partial charge in [-0.25, -0.2) is 0 Å². The van der Waals surface area contributed by atoms with Crippen molar-refractivity contribution in [2.45, 2.75) is 0 Å².